The van der Waals surface area contributed by atoms with Gasteiger partial charge in [0, 0.05) is 10.8 Å². The number of fused-ring (bicyclic) bond motifs is 2. The number of aliphatic hydroxyl groups is 1. The molecule has 0 aliphatic carbocycles. The fraction of sp³-hybridized carbons (Fsp3) is 0.269. The van der Waals surface area contributed by atoms with Crippen molar-refractivity contribution >= 4 is 39.9 Å². The number of carboxylic acids is 1. The molecule has 37 heavy (non-hydrogen) atoms. The van der Waals surface area contributed by atoms with E-state index in [2.05, 4.69) is 6.92 Å². The van der Waals surface area contributed by atoms with Crippen molar-refractivity contribution in [3.05, 3.63) is 71.1 Å². The summed E-state index contributed by atoms with van der Waals surface area (Å²) in [6.07, 6.45) is -6.39. The van der Waals surface area contributed by atoms with Gasteiger partial charge >= 0.3 is 12.1 Å². The summed E-state index contributed by atoms with van der Waals surface area (Å²) < 4.78 is 50.2. The maximum atomic E-state index is 13.7. The normalized spacial score (nSPS) is 16.1. The van der Waals surface area contributed by atoms with E-state index in [4.69, 9.17) is 21.1 Å². The summed E-state index contributed by atoms with van der Waals surface area (Å²) in [4.78, 5) is 26.1. The number of carbonyl (C=O) groups is 2. The molecule has 0 saturated carbocycles. The Morgan fingerprint density at radius 3 is 2.35 bits per heavy atom. The minimum absolute atomic E-state index is 0.0283. The van der Waals surface area contributed by atoms with Gasteiger partial charge in [-0.15, -0.1) is 0 Å². The standard InChI is InChI=1S/C26H22ClF3NO6/c1-3-14(25(34)35)13-9-10-18(17(27)11-13)31-23(32)19-20(24(31)33)22(37-12-26(28,29)30)16-8-6-5-7-15(16)21(19)36-4-2/h5-11,14,24,33H,1,3-4,12H2,2H3,(H,34,35). The van der Waals surface area contributed by atoms with Gasteiger partial charge in [-0.1, -0.05) is 48.9 Å². The van der Waals surface area contributed by atoms with E-state index in [9.17, 15) is 33.0 Å². The molecule has 0 saturated heterocycles. The van der Waals surface area contributed by atoms with E-state index >= 15 is 0 Å². The predicted molar refractivity (Wildman–Crippen MR) is 130 cm³/mol. The Bertz CT molecular complexity index is 1380. The van der Waals surface area contributed by atoms with Gasteiger partial charge in [-0.3, -0.25) is 14.5 Å². The molecule has 195 valence electrons. The number of benzene rings is 3. The number of ether oxygens (including phenoxy) is 2. The summed E-state index contributed by atoms with van der Waals surface area (Å²) >= 11 is 6.43. The third-order valence-electron chi connectivity index (χ3n) is 5.98. The Morgan fingerprint density at radius 1 is 1.16 bits per heavy atom. The highest BCUT2D eigenvalue weighted by molar-refractivity contribution is 6.34. The van der Waals surface area contributed by atoms with Crippen LogP contribution in [-0.2, 0) is 4.79 Å². The van der Waals surface area contributed by atoms with Crippen molar-refractivity contribution in [3.8, 4) is 11.5 Å². The quantitative estimate of drug-likeness (QED) is 0.373. The summed E-state index contributed by atoms with van der Waals surface area (Å²) in [7, 11) is 0. The van der Waals surface area contributed by atoms with E-state index in [0.29, 0.717) is 10.9 Å². The summed E-state index contributed by atoms with van der Waals surface area (Å²) in [6.45, 7) is 3.80. The molecule has 1 aliphatic heterocycles. The molecule has 7 nitrogen and oxygen atoms in total. The van der Waals surface area contributed by atoms with Crippen molar-refractivity contribution in [1.29, 1.82) is 0 Å². The first-order valence-corrected chi connectivity index (χ1v) is 11.6. The van der Waals surface area contributed by atoms with E-state index in [1.54, 1.807) is 25.1 Å². The first-order chi connectivity index (χ1) is 17.5. The average Bonchev–Trinajstić information content (AvgIpc) is 3.08. The van der Waals surface area contributed by atoms with Crippen molar-refractivity contribution in [2.24, 2.45) is 0 Å². The topological polar surface area (TPSA) is 96.3 Å². The highest BCUT2D eigenvalue weighted by Gasteiger charge is 2.44. The average molecular weight is 537 g/mol. The molecule has 0 aromatic heterocycles. The van der Waals surface area contributed by atoms with Gasteiger partial charge in [0.2, 0.25) is 0 Å². The second-order valence-corrected chi connectivity index (χ2v) is 8.68. The van der Waals surface area contributed by atoms with E-state index in [1.165, 1.54) is 24.3 Å². The van der Waals surface area contributed by atoms with Crippen LogP contribution < -0.4 is 14.4 Å². The number of nitrogens with zero attached hydrogens (tertiary/aromatic N) is 1. The molecule has 0 spiro atoms. The van der Waals surface area contributed by atoms with E-state index < -0.39 is 36.8 Å². The van der Waals surface area contributed by atoms with Crippen LogP contribution in [0.25, 0.3) is 10.8 Å². The first-order valence-electron chi connectivity index (χ1n) is 11.2. The van der Waals surface area contributed by atoms with E-state index in [0.717, 1.165) is 4.90 Å². The zero-order valence-corrected chi connectivity index (χ0v) is 20.3. The molecular formula is C26H22ClF3NO6. The minimum Gasteiger partial charge on any atom is -0.492 e. The Morgan fingerprint density at radius 2 is 1.81 bits per heavy atom. The Labute approximate surface area is 215 Å². The number of anilines is 1. The molecule has 2 atom stereocenters. The van der Waals surface area contributed by atoms with Crippen LogP contribution in [0, 0.1) is 6.92 Å². The Balaban J connectivity index is 1.90. The number of rotatable bonds is 8. The van der Waals surface area contributed by atoms with Crippen LogP contribution in [0.5, 0.6) is 11.5 Å². The minimum atomic E-state index is -4.67. The van der Waals surface area contributed by atoms with Gasteiger partial charge in [-0.05, 0) is 31.0 Å². The van der Waals surface area contributed by atoms with Crippen molar-refractivity contribution in [1.82, 2.24) is 0 Å². The van der Waals surface area contributed by atoms with Gasteiger partial charge < -0.3 is 19.7 Å². The molecule has 2 N–H and O–H groups in total. The lowest BCUT2D eigenvalue weighted by Crippen LogP contribution is -2.28. The van der Waals surface area contributed by atoms with E-state index in [-0.39, 0.29) is 51.7 Å². The first kappa shape index (κ1) is 26.6. The number of alkyl halides is 3. The number of hydrogen-bond acceptors (Lipinski definition) is 5. The fourth-order valence-electron chi connectivity index (χ4n) is 4.43. The summed E-state index contributed by atoms with van der Waals surface area (Å²) in [5.74, 6) is -3.03. The SMILES string of the molecule is [CH2]CC(C(=O)O)c1ccc(N2C(=O)c3c(c(OCC(F)(F)F)c4ccccc4c3OCC)C2O)c(Cl)c1. The second-order valence-electron chi connectivity index (χ2n) is 8.27. The zero-order valence-electron chi connectivity index (χ0n) is 19.5. The largest absolute Gasteiger partial charge is 0.492 e. The molecule has 0 bridgehead atoms. The maximum Gasteiger partial charge on any atom is 0.422 e. The van der Waals surface area contributed by atoms with Crippen LogP contribution in [-0.4, -0.2) is 41.5 Å². The molecule has 0 fully saturated rings. The van der Waals surface area contributed by atoms with Crippen LogP contribution in [0.1, 0.15) is 47.0 Å². The number of carbonyl (C=O) groups excluding carboxylic acids is 1. The lowest BCUT2D eigenvalue weighted by molar-refractivity contribution is -0.153. The Hall–Kier alpha value is -3.50. The molecule has 1 radical (unpaired) electrons. The summed E-state index contributed by atoms with van der Waals surface area (Å²) in [5.41, 5.74) is 0.0367. The zero-order chi connectivity index (χ0) is 27.1. The van der Waals surface area contributed by atoms with E-state index in [1.807, 2.05) is 0 Å². The van der Waals surface area contributed by atoms with Crippen LogP contribution >= 0.6 is 11.6 Å². The number of aliphatic hydroxyl groups excluding tert-OH is 1. The number of amides is 1. The van der Waals surface area contributed by atoms with Gasteiger partial charge in [0.05, 0.1) is 34.4 Å². The molecule has 4 rings (SSSR count). The molecule has 1 heterocycles. The number of carboxylic acid groups (broad SMARTS) is 1. The van der Waals surface area contributed by atoms with Crippen molar-refractivity contribution in [2.75, 3.05) is 18.1 Å². The molecule has 2 unspecified atom stereocenters. The van der Waals surface area contributed by atoms with Gasteiger partial charge in [0.15, 0.2) is 12.8 Å². The lowest BCUT2D eigenvalue weighted by atomic mass is 9.96. The third kappa shape index (κ3) is 4.78. The highest BCUT2D eigenvalue weighted by atomic mass is 35.5. The van der Waals surface area contributed by atoms with Gasteiger partial charge in [0.25, 0.3) is 5.91 Å². The van der Waals surface area contributed by atoms with Crippen LogP contribution in [0.15, 0.2) is 42.5 Å². The van der Waals surface area contributed by atoms with Gasteiger partial charge in [-0.25, -0.2) is 0 Å². The smallest absolute Gasteiger partial charge is 0.422 e. The summed E-state index contributed by atoms with van der Waals surface area (Å²) in [6, 6.07) is 10.5. The molecule has 1 aliphatic rings. The van der Waals surface area contributed by atoms with Gasteiger partial charge in [0.1, 0.15) is 11.5 Å². The third-order valence-corrected chi connectivity index (χ3v) is 6.28. The molecular weight excluding hydrogens is 515 g/mol. The second kappa shape index (κ2) is 10.1. The number of halogens is 4. The monoisotopic (exact) mass is 536 g/mol. The predicted octanol–water partition coefficient (Wildman–Crippen LogP) is 5.88. The summed E-state index contributed by atoms with van der Waals surface area (Å²) in [5, 5.41) is 21.2. The Kier molecular flexibility index (Phi) is 7.25. The van der Waals surface area contributed by atoms with Crippen LogP contribution in [0.2, 0.25) is 5.02 Å². The number of hydrogen-bond donors (Lipinski definition) is 2. The molecule has 1 amide bonds. The fourth-order valence-corrected chi connectivity index (χ4v) is 4.71. The van der Waals surface area contributed by atoms with Gasteiger partial charge in [-0.2, -0.15) is 13.2 Å². The molecule has 11 heteroatoms. The highest BCUT2D eigenvalue weighted by Crippen LogP contribution is 2.51. The number of aliphatic carboxylic acids is 1. The van der Waals surface area contributed by atoms with Crippen molar-refractivity contribution in [2.45, 2.75) is 31.7 Å². The van der Waals surface area contributed by atoms with Crippen molar-refractivity contribution < 1.29 is 42.4 Å². The molecule has 3 aromatic carbocycles. The maximum absolute atomic E-state index is 13.7. The molecule has 3 aromatic rings. The van der Waals surface area contributed by atoms with Crippen LogP contribution in [0.4, 0.5) is 18.9 Å². The van der Waals surface area contributed by atoms with Crippen LogP contribution in [0.3, 0.4) is 0 Å². The lowest BCUT2D eigenvalue weighted by Gasteiger charge is -2.24. The van der Waals surface area contributed by atoms with Crippen molar-refractivity contribution in [3.63, 3.8) is 0 Å².